The Kier molecular flexibility index (Phi) is 5.30. The predicted octanol–water partition coefficient (Wildman–Crippen LogP) is 1.49. The van der Waals surface area contributed by atoms with Crippen molar-refractivity contribution in [2.24, 2.45) is 0 Å². The molecule has 1 saturated heterocycles. The van der Waals surface area contributed by atoms with Gasteiger partial charge in [0.15, 0.2) is 0 Å². The Morgan fingerprint density at radius 2 is 2.35 bits per heavy atom. The van der Waals surface area contributed by atoms with Crippen molar-refractivity contribution in [3.8, 4) is 0 Å². The zero-order valence-electron chi connectivity index (χ0n) is 9.64. The number of nitrogens with one attached hydrogen (secondary N) is 1. The van der Waals surface area contributed by atoms with Crippen molar-refractivity contribution in [3.63, 3.8) is 0 Å². The lowest BCUT2D eigenvalue weighted by atomic mass is 10.2. The second kappa shape index (κ2) is 6.28. The average molecular weight is 267 g/mol. The number of alkyl halides is 2. The number of halogens is 3. The predicted molar refractivity (Wildman–Crippen MR) is 63.5 cm³/mol. The van der Waals surface area contributed by atoms with Gasteiger partial charge in [-0.05, 0) is 13.0 Å². The van der Waals surface area contributed by atoms with Gasteiger partial charge in [-0.2, -0.15) is 13.9 Å². The Hall–Kier alpha value is -0.720. The van der Waals surface area contributed by atoms with Crippen LogP contribution in [0, 0.1) is 0 Å². The molecular formula is C10H17ClF2N4. The van der Waals surface area contributed by atoms with Crippen LogP contribution in [0.15, 0.2) is 12.3 Å². The highest BCUT2D eigenvalue weighted by Crippen LogP contribution is 2.11. The molecule has 0 aromatic carbocycles. The van der Waals surface area contributed by atoms with Gasteiger partial charge in [-0.3, -0.25) is 4.90 Å². The monoisotopic (exact) mass is 266 g/mol. The van der Waals surface area contributed by atoms with Crippen molar-refractivity contribution >= 4 is 12.4 Å². The summed E-state index contributed by atoms with van der Waals surface area (Å²) in [6.07, 6.45) is 1.33. The third kappa shape index (κ3) is 3.90. The van der Waals surface area contributed by atoms with Crippen molar-refractivity contribution in [2.75, 3.05) is 19.6 Å². The van der Waals surface area contributed by atoms with Gasteiger partial charge in [0.2, 0.25) is 0 Å². The van der Waals surface area contributed by atoms with E-state index < -0.39 is 6.55 Å². The fourth-order valence-electron chi connectivity index (χ4n) is 1.96. The molecule has 0 amide bonds. The molecule has 0 aliphatic carbocycles. The molecule has 0 unspecified atom stereocenters. The molecule has 17 heavy (non-hydrogen) atoms. The third-order valence-corrected chi connectivity index (χ3v) is 2.70. The maximum Gasteiger partial charge on any atom is 0.333 e. The summed E-state index contributed by atoms with van der Waals surface area (Å²) in [4.78, 5) is 2.22. The lowest BCUT2D eigenvalue weighted by Gasteiger charge is -2.31. The molecule has 7 heteroatoms. The fourth-order valence-corrected chi connectivity index (χ4v) is 1.96. The Morgan fingerprint density at radius 1 is 1.59 bits per heavy atom. The van der Waals surface area contributed by atoms with Crippen LogP contribution >= 0.6 is 12.4 Å². The minimum atomic E-state index is -2.55. The number of rotatable bonds is 3. The van der Waals surface area contributed by atoms with Crippen LogP contribution in [0.1, 0.15) is 19.2 Å². The first-order valence-electron chi connectivity index (χ1n) is 5.43. The summed E-state index contributed by atoms with van der Waals surface area (Å²) in [6, 6.07) is 2.10. The van der Waals surface area contributed by atoms with E-state index in [9.17, 15) is 8.78 Å². The van der Waals surface area contributed by atoms with Gasteiger partial charge in [-0.25, -0.2) is 4.68 Å². The Bertz CT molecular complexity index is 345. The summed E-state index contributed by atoms with van der Waals surface area (Å²) in [5.41, 5.74) is 0.703. The summed E-state index contributed by atoms with van der Waals surface area (Å²) in [7, 11) is 0. The zero-order valence-corrected chi connectivity index (χ0v) is 10.5. The van der Waals surface area contributed by atoms with Gasteiger partial charge in [0.1, 0.15) is 0 Å². The maximum absolute atomic E-state index is 12.3. The van der Waals surface area contributed by atoms with E-state index in [2.05, 4.69) is 22.2 Å². The summed E-state index contributed by atoms with van der Waals surface area (Å²) in [5, 5.41) is 7.17. The topological polar surface area (TPSA) is 33.1 Å². The molecule has 1 fully saturated rings. The standard InChI is InChI=1S/C10H16F2N4.ClH/c1-8-6-15(5-3-13-8)7-9-2-4-16(14-9)10(11)12;/h2,4,8,10,13H,3,5-7H2,1H3;1H/t8-;/m0./s1. The van der Waals surface area contributed by atoms with Crippen LogP contribution in [0.3, 0.4) is 0 Å². The maximum atomic E-state index is 12.3. The molecule has 2 heterocycles. The van der Waals surface area contributed by atoms with Crippen molar-refractivity contribution < 1.29 is 8.78 Å². The molecule has 1 atom stereocenters. The van der Waals surface area contributed by atoms with Crippen LogP contribution < -0.4 is 5.32 Å². The SMILES string of the molecule is C[C@H]1CN(Cc2ccn(C(F)F)n2)CCN1.Cl. The van der Waals surface area contributed by atoms with E-state index in [1.165, 1.54) is 6.20 Å². The highest BCUT2D eigenvalue weighted by Gasteiger charge is 2.17. The first-order chi connectivity index (χ1) is 7.65. The molecule has 1 N–H and O–H groups in total. The van der Waals surface area contributed by atoms with Crippen molar-refractivity contribution in [2.45, 2.75) is 26.1 Å². The Balaban J connectivity index is 0.00000144. The van der Waals surface area contributed by atoms with Gasteiger partial charge in [0.25, 0.3) is 0 Å². The van der Waals surface area contributed by atoms with Gasteiger partial charge in [-0.1, -0.05) is 0 Å². The third-order valence-electron chi connectivity index (χ3n) is 2.70. The molecule has 0 bridgehead atoms. The van der Waals surface area contributed by atoms with Crippen LogP contribution in [0.2, 0.25) is 0 Å². The first kappa shape index (κ1) is 14.3. The highest BCUT2D eigenvalue weighted by atomic mass is 35.5. The van der Waals surface area contributed by atoms with E-state index in [0.29, 0.717) is 23.0 Å². The summed E-state index contributed by atoms with van der Waals surface area (Å²) in [6.45, 7) is 3.02. The summed E-state index contributed by atoms with van der Waals surface area (Å²) in [5.74, 6) is 0. The average Bonchev–Trinajstić information content (AvgIpc) is 2.66. The number of piperazine rings is 1. The first-order valence-corrected chi connectivity index (χ1v) is 5.43. The lowest BCUT2D eigenvalue weighted by Crippen LogP contribution is -2.48. The van der Waals surface area contributed by atoms with Gasteiger partial charge < -0.3 is 5.32 Å². The van der Waals surface area contributed by atoms with Gasteiger partial charge >= 0.3 is 6.55 Å². The molecule has 98 valence electrons. The lowest BCUT2D eigenvalue weighted by molar-refractivity contribution is 0.0556. The van der Waals surface area contributed by atoms with E-state index in [-0.39, 0.29) is 12.4 Å². The van der Waals surface area contributed by atoms with Crippen LogP contribution in [0.5, 0.6) is 0 Å². The molecule has 1 aliphatic rings. The van der Waals surface area contributed by atoms with Crippen molar-refractivity contribution in [3.05, 3.63) is 18.0 Å². The van der Waals surface area contributed by atoms with Crippen LogP contribution in [0.25, 0.3) is 0 Å². The van der Waals surface area contributed by atoms with Crippen LogP contribution in [-0.4, -0.2) is 40.4 Å². The fraction of sp³-hybridized carbons (Fsp3) is 0.700. The molecular weight excluding hydrogens is 250 g/mol. The van der Waals surface area contributed by atoms with Gasteiger partial charge in [-0.15, -0.1) is 12.4 Å². The normalized spacial score (nSPS) is 21.5. The minimum absolute atomic E-state index is 0. The van der Waals surface area contributed by atoms with Crippen LogP contribution in [0.4, 0.5) is 8.78 Å². The van der Waals surface area contributed by atoms with E-state index in [1.54, 1.807) is 6.07 Å². The Labute approximate surface area is 105 Å². The smallest absolute Gasteiger partial charge is 0.312 e. The molecule has 1 aliphatic heterocycles. The summed E-state index contributed by atoms with van der Waals surface area (Å²) >= 11 is 0. The van der Waals surface area contributed by atoms with Gasteiger partial charge in [0, 0.05) is 38.4 Å². The van der Waals surface area contributed by atoms with Crippen LogP contribution in [-0.2, 0) is 6.54 Å². The molecule has 0 saturated carbocycles. The van der Waals surface area contributed by atoms with E-state index in [0.717, 1.165) is 19.6 Å². The molecule has 1 aromatic rings. The number of aromatic nitrogens is 2. The number of hydrogen-bond donors (Lipinski definition) is 1. The Morgan fingerprint density at radius 3 is 2.94 bits per heavy atom. The van der Waals surface area contributed by atoms with E-state index in [4.69, 9.17) is 0 Å². The van der Waals surface area contributed by atoms with Gasteiger partial charge in [0.05, 0.1) is 5.69 Å². The highest BCUT2D eigenvalue weighted by molar-refractivity contribution is 5.85. The number of hydrogen-bond acceptors (Lipinski definition) is 3. The number of nitrogens with zero attached hydrogens (tertiary/aromatic N) is 3. The quantitative estimate of drug-likeness (QED) is 0.900. The molecule has 1 aromatic heterocycles. The van der Waals surface area contributed by atoms with E-state index >= 15 is 0 Å². The summed E-state index contributed by atoms with van der Waals surface area (Å²) < 4.78 is 25.3. The van der Waals surface area contributed by atoms with E-state index in [1.807, 2.05) is 0 Å². The second-order valence-corrected chi connectivity index (χ2v) is 4.16. The second-order valence-electron chi connectivity index (χ2n) is 4.16. The zero-order chi connectivity index (χ0) is 11.5. The molecule has 4 nitrogen and oxygen atoms in total. The molecule has 0 radical (unpaired) electrons. The largest absolute Gasteiger partial charge is 0.333 e. The molecule has 0 spiro atoms. The van der Waals surface area contributed by atoms with Crippen molar-refractivity contribution in [1.29, 1.82) is 0 Å². The van der Waals surface area contributed by atoms with Crippen molar-refractivity contribution in [1.82, 2.24) is 20.0 Å². The molecule has 2 rings (SSSR count). The minimum Gasteiger partial charge on any atom is -0.312 e.